The standard InChI is InChI=1S/C16H15N3O3/c20-10-6-2-1-4-8(10)12-13-9(5-3-7-11(13)21)17-15-14(12)16(22)19-18-15/h1-2,4,6,12,20H,3,5,7H2,(H3,17,18,19,22)/t12-/m0/s1. The highest BCUT2D eigenvalue weighted by Gasteiger charge is 2.38. The number of hydrogen-bond donors (Lipinski definition) is 4. The summed E-state index contributed by atoms with van der Waals surface area (Å²) in [6.45, 7) is 0. The largest absolute Gasteiger partial charge is 0.508 e. The summed E-state index contributed by atoms with van der Waals surface area (Å²) in [5.41, 5.74) is 2.20. The number of benzene rings is 1. The van der Waals surface area contributed by atoms with Crippen LogP contribution in [0.15, 0.2) is 40.3 Å². The van der Waals surface area contributed by atoms with Crippen LogP contribution in [0.1, 0.15) is 36.3 Å². The first kappa shape index (κ1) is 12.9. The molecule has 0 fully saturated rings. The van der Waals surface area contributed by atoms with Gasteiger partial charge in [0, 0.05) is 23.3 Å². The van der Waals surface area contributed by atoms with Gasteiger partial charge < -0.3 is 10.4 Å². The van der Waals surface area contributed by atoms with Gasteiger partial charge in [0.15, 0.2) is 5.78 Å². The molecule has 1 aromatic carbocycles. The van der Waals surface area contributed by atoms with Gasteiger partial charge in [0.1, 0.15) is 11.6 Å². The van der Waals surface area contributed by atoms with Crippen molar-refractivity contribution in [3.8, 4) is 5.75 Å². The summed E-state index contributed by atoms with van der Waals surface area (Å²) in [6, 6.07) is 6.85. The number of aromatic nitrogens is 2. The summed E-state index contributed by atoms with van der Waals surface area (Å²) >= 11 is 0. The number of fused-ring (bicyclic) bond motifs is 1. The maximum Gasteiger partial charge on any atom is 0.270 e. The lowest BCUT2D eigenvalue weighted by Crippen LogP contribution is -2.29. The normalized spacial score (nSPS) is 20.4. The Bertz CT molecular complexity index is 860. The Kier molecular flexibility index (Phi) is 2.72. The monoisotopic (exact) mass is 297 g/mol. The van der Waals surface area contributed by atoms with Crippen LogP contribution in [0.5, 0.6) is 5.75 Å². The van der Waals surface area contributed by atoms with Gasteiger partial charge in [0.05, 0.1) is 11.5 Å². The second-order valence-corrected chi connectivity index (χ2v) is 5.65. The van der Waals surface area contributed by atoms with Gasteiger partial charge in [0.25, 0.3) is 5.56 Å². The Labute approximate surface area is 125 Å². The maximum absolute atomic E-state index is 12.5. The van der Waals surface area contributed by atoms with E-state index < -0.39 is 5.92 Å². The molecule has 22 heavy (non-hydrogen) atoms. The van der Waals surface area contributed by atoms with E-state index in [1.807, 2.05) is 0 Å². The summed E-state index contributed by atoms with van der Waals surface area (Å²) in [7, 11) is 0. The Morgan fingerprint density at radius 2 is 1.91 bits per heavy atom. The number of aromatic hydroxyl groups is 1. The lowest BCUT2D eigenvalue weighted by Gasteiger charge is -2.31. The van der Waals surface area contributed by atoms with Gasteiger partial charge in [-0.3, -0.25) is 19.8 Å². The van der Waals surface area contributed by atoms with Crippen LogP contribution in [0.2, 0.25) is 0 Å². The number of ketones is 1. The molecule has 4 rings (SSSR count). The minimum atomic E-state index is -0.532. The van der Waals surface area contributed by atoms with E-state index >= 15 is 0 Å². The average Bonchev–Trinajstić information content (AvgIpc) is 2.88. The van der Waals surface area contributed by atoms with E-state index in [9.17, 15) is 14.7 Å². The van der Waals surface area contributed by atoms with Crippen LogP contribution in [-0.2, 0) is 4.79 Å². The molecule has 1 atom stereocenters. The molecule has 0 amide bonds. The zero-order valence-electron chi connectivity index (χ0n) is 11.8. The molecule has 2 heterocycles. The zero-order chi connectivity index (χ0) is 15.3. The molecule has 0 spiro atoms. The number of aromatic amines is 2. The van der Waals surface area contributed by atoms with Crippen molar-refractivity contribution < 1.29 is 9.90 Å². The molecule has 6 nitrogen and oxygen atoms in total. The molecule has 1 aliphatic carbocycles. The second-order valence-electron chi connectivity index (χ2n) is 5.65. The van der Waals surface area contributed by atoms with Gasteiger partial charge in [-0.25, -0.2) is 0 Å². The van der Waals surface area contributed by atoms with Crippen LogP contribution < -0.4 is 10.9 Å². The molecular weight excluding hydrogens is 282 g/mol. The first-order chi connectivity index (χ1) is 10.7. The fraction of sp³-hybridized carbons (Fsp3) is 0.250. The highest BCUT2D eigenvalue weighted by atomic mass is 16.3. The summed E-state index contributed by atoms with van der Waals surface area (Å²) < 4.78 is 0. The SMILES string of the molecule is O=C1CCCC2=C1[C@H](c1ccccc1O)c1c([nH][nH]c1=O)N2. The zero-order valence-corrected chi connectivity index (χ0v) is 11.8. The number of Topliss-reactive ketones (excluding diaryl/α,β-unsaturated/α-hetero) is 1. The fourth-order valence-corrected chi connectivity index (χ4v) is 3.41. The summed E-state index contributed by atoms with van der Waals surface area (Å²) in [5.74, 6) is 0.168. The molecule has 0 unspecified atom stereocenters. The molecule has 1 aromatic heterocycles. The topological polar surface area (TPSA) is 98.0 Å². The van der Waals surface area contributed by atoms with Crippen molar-refractivity contribution in [2.75, 3.05) is 5.32 Å². The minimum Gasteiger partial charge on any atom is -0.508 e. The number of carbonyl (C=O) groups excluding carboxylic acids is 1. The third-order valence-electron chi connectivity index (χ3n) is 4.37. The van der Waals surface area contributed by atoms with Crippen LogP contribution in [-0.4, -0.2) is 21.1 Å². The van der Waals surface area contributed by atoms with E-state index in [1.165, 1.54) is 0 Å². The molecule has 0 radical (unpaired) electrons. The third kappa shape index (κ3) is 1.73. The van der Waals surface area contributed by atoms with E-state index in [1.54, 1.807) is 24.3 Å². The van der Waals surface area contributed by atoms with Crippen LogP contribution in [0.25, 0.3) is 0 Å². The van der Waals surface area contributed by atoms with Crippen molar-refractivity contribution in [3.05, 3.63) is 57.0 Å². The van der Waals surface area contributed by atoms with Crippen LogP contribution in [0, 0.1) is 0 Å². The number of nitrogens with one attached hydrogen (secondary N) is 3. The van der Waals surface area contributed by atoms with Gasteiger partial charge in [-0.05, 0) is 18.9 Å². The fourth-order valence-electron chi connectivity index (χ4n) is 3.41. The van der Waals surface area contributed by atoms with Crippen molar-refractivity contribution in [1.29, 1.82) is 0 Å². The van der Waals surface area contributed by atoms with Gasteiger partial charge >= 0.3 is 0 Å². The predicted molar refractivity (Wildman–Crippen MR) is 80.9 cm³/mol. The van der Waals surface area contributed by atoms with Gasteiger partial charge in [0.2, 0.25) is 0 Å². The van der Waals surface area contributed by atoms with Crippen molar-refractivity contribution in [1.82, 2.24) is 10.2 Å². The second kappa shape index (κ2) is 4.62. The molecule has 2 aliphatic rings. The molecule has 2 aromatic rings. The molecule has 6 heteroatoms. The van der Waals surface area contributed by atoms with Gasteiger partial charge in [-0.15, -0.1) is 0 Å². The molecule has 0 saturated heterocycles. The van der Waals surface area contributed by atoms with Crippen molar-refractivity contribution in [3.63, 3.8) is 0 Å². The molecule has 4 N–H and O–H groups in total. The predicted octanol–water partition coefficient (Wildman–Crippen LogP) is 1.97. The quantitative estimate of drug-likeness (QED) is 0.647. The summed E-state index contributed by atoms with van der Waals surface area (Å²) in [5, 5.41) is 18.8. The number of H-pyrrole nitrogens is 2. The maximum atomic E-state index is 12.5. The number of hydrogen-bond acceptors (Lipinski definition) is 4. The third-order valence-corrected chi connectivity index (χ3v) is 4.37. The van der Waals surface area contributed by atoms with E-state index in [0.29, 0.717) is 28.9 Å². The van der Waals surface area contributed by atoms with Gasteiger partial charge in [-0.2, -0.15) is 0 Å². The molecule has 112 valence electrons. The van der Waals surface area contributed by atoms with Crippen LogP contribution in [0.3, 0.4) is 0 Å². The van der Waals surface area contributed by atoms with Crippen molar-refractivity contribution in [2.45, 2.75) is 25.2 Å². The molecule has 0 bridgehead atoms. The number of para-hydroxylation sites is 1. The van der Waals surface area contributed by atoms with Crippen LogP contribution >= 0.6 is 0 Å². The molecule has 0 saturated carbocycles. The smallest absolute Gasteiger partial charge is 0.270 e. The van der Waals surface area contributed by atoms with Crippen molar-refractivity contribution in [2.24, 2.45) is 0 Å². The summed E-state index contributed by atoms with van der Waals surface area (Å²) in [4.78, 5) is 24.7. The van der Waals surface area contributed by atoms with E-state index in [-0.39, 0.29) is 17.1 Å². The number of anilines is 1. The Hall–Kier alpha value is -2.76. The van der Waals surface area contributed by atoms with E-state index in [0.717, 1.165) is 18.5 Å². The lowest BCUT2D eigenvalue weighted by atomic mass is 9.76. The van der Waals surface area contributed by atoms with Gasteiger partial charge in [-0.1, -0.05) is 18.2 Å². The Morgan fingerprint density at radius 1 is 1.09 bits per heavy atom. The number of phenols is 1. The highest BCUT2D eigenvalue weighted by molar-refractivity contribution is 6.01. The average molecular weight is 297 g/mol. The molecule has 1 aliphatic heterocycles. The number of rotatable bonds is 1. The summed E-state index contributed by atoms with van der Waals surface area (Å²) in [6.07, 6.45) is 2.03. The van der Waals surface area contributed by atoms with Crippen LogP contribution in [0.4, 0.5) is 5.82 Å². The first-order valence-corrected chi connectivity index (χ1v) is 7.28. The number of phenolic OH excluding ortho intramolecular Hbond substituents is 1. The highest BCUT2D eigenvalue weighted by Crippen LogP contribution is 2.45. The lowest BCUT2D eigenvalue weighted by molar-refractivity contribution is -0.116. The first-order valence-electron chi connectivity index (χ1n) is 7.28. The number of allylic oxidation sites excluding steroid dienone is 2. The van der Waals surface area contributed by atoms with Crippen molar-refractivity contribution >= 4 is 11.6 Å². The van der Waals surface area contributed by atoms with E-state index in [4.69, 9.17) is 0 Å². The minimum absolute atomic E-state index is 0.0354. The number of carbonyl (C=O) groups is 1. The Morgan fingerprint density at radius 3 is 2.73 bits per heavy atom. The molecular formula is C16H15N3O3. The van der Waals surface area contributed by atoms with E-state index in [2.05, 4.69) is 15.5 Å². The Balaban J connectivity index is 2.01.